The fourth-order valence-corrected chi connectivity index (χ4v) is 3.56. The second-order valence-electron chi connectivity index (χ2n) is 6.75. The van der Waals surface area contributed by atoms with Gasteiger partial charge in [0.15, 0.2) is 5.13 Å². The zero-order chi connectivity index (χ0) is 23.4. The first-order chi connectivity index (χ1) is 15.2. The van der Waals surface area contributed by atoms with Gasteiger partial charge in [0.2, 0.25) is 5.91 Å². The zero-order valence-corrected chi connectivity index (χ0v) is 17.8. The van der Waals surface area contributed by atoms with Crippen LogP contribution in [0.5, 0.6) is 0 Å². The van der Waals surface area contributed by atoms with Gasteiger partial charge in [-0.1, -0.05) is 24.3 Å². The Kier molecular flexibility index (Phi) is 6.54. The summed E-state index contributed by atoms with van der Waals surface area (Å²) >= 11 is 1.14. The maximum absolute atomic E-state index is 12.6. The fourth-order valence-electron chi connectivity index (χ4n) is 2.85. The van der Waals surface area contributed by atoms with Crippen molar-refractivity contribution in [2.45, 2.75) is 20.4 Å². The molecule has 0 aliphatic rings. The summed E-state index contributed by atoms with van der Waals surface area (Å²) in [5.41, 5.74) is 0.928. The van der Waals surface area contributed by atoms with E-state index in [-0.39, 0.29) is 22.2 Å². The molecule has 0 radical (unpaired) electrons. The molecule has 2 amide bonds. The van der Waals surface area contributed by atoms with E-state index < -0.39 is 27.1 Å². The molecule has 0 saturated carbocycles. The Morgan fingerprint density at radius 3 is 2.19 bits per heavy atom. The Morgan fingerprint density at radius 1 is 1.06 bits per heavy atom. The highest BCUT2D eigenvalue weighted by Gasteiger charge is 2.25. The van der Waals surface area contributed by atoms with Crippen molar-refractivity contribution < 1.29 is 19.4 Å². The number of carbonyl (C=O) groups is 2. The lowest BCUT2D eigenvalue weighted by atomic mass is 10.1. The number of nitrogens with zero attached hydrogens (tertiary/aromatic N) is 3. The lowest BCUT2D eigenvalue weighted by Gasteiger charge is -2.05. The van der Waals surface area contributed by atoms with Crippen molar-refractivity contribution >= 4 is 39.7 Å². The van der Waals surface area contributed by atoms with Crippen LogP contribution in [-0.2, 0) is 11.3 Å². The molecule has 3 rings (SSSR count). The van der Waals surface area contributed by atoms with Crippen LogP contribution >= 0.6 is 11.3 Å². The van der Waals surface area contributed by atoms with E-state index >= 15 is 0 Å². The number of rotatable bonds is 7. The van der Waals surface area contributed by atoms with E-state index in [9.17, 15) is 29.8 Å². The Balaban J connectivity index is 1.78. The van der Waals surface area contributed by atoms with E-state index in [0.717, 1.165) is 34.6 Å². The zero-order valence-electron chi connectivity index (χ0n) is 16.9. The van der Waals surface area contributed by atoms with Gasteiger partial charge in [0.05, 0.1) is 21.1 Å². The normalized spacial score (nSPS) is 10.4. The minimum atomic E-state index is -0.768. The number of benzene rings is 2. The van der Waals surface area contributed by atoms with Gasteiger partial charge in [0, 0.05) is 36.5 Å². The third-order valence-electron chi connectivity index (χ3n) is 4.52. The molecule has 2 N–H and O–H groups in total. The Morgan fingerprint density at radius 2 is 1.66 bits per heavy atom. The van der Waals surface area contributed by atoms with Crippen LogP contribution in [0, 0.1) is 27.2 Å². The number of hydrogen-bond acceptors (Lipinski definition) is 8. The number of nitro groups is 2. The summed E-state index contributed by atoms with van der Waals surface area (Å²) in [5, 5.41) is 29.6. The van der Waals surface area contributed by atoms with E-state index in [2.05, 4.69) is 15.6 Å². The first kappa shape index (κ1) is 22.5. The van der Waals surface area contributed by atoms with Gasteiger partial charge in [0.25, 0.3) is 17.3 Å². The molecule has 0 unspecified atom stereocenters. The van der Waals surface area contributed by atoms with Crippen molar-refractivity contribution in [1.29, 1.82) is 0 Å². The smallest absolute Gasteiger partial charge is 0.279 e. The quantitative estimate of drug-likeness (QED) is 0.405. The fraction of sp³-hybridized carbons (Fsp3) is 0.150. The number of aromatic nitrogens is 1. The second kappa shape index (κ2) is 9.31. The maximum Gasteiger partial charge on any atom is 0.279 e. The van der Waals surface area contributed by atoms with Gasteiger partial charge in [-0.25, -0.2) is 4.98 Å². The monoisotopic (exact) mass is 455 g/mol. The van der Waals surface area contributed by atoms with E-state index in [1.807, 2.05) is 24.3 Å². The van der Waals surface area contributed by atoms with Gasteiger partial charge in [-0.2, -0.15) is 0 Å². The molecule has 2 aromatic carbocycles. The molecule has 12 heteroatoms. The van der Waals surface area contributed by atoms with Crippen molar-refractivity contribution in [1.82, 2.24) is 10.3 Å². The lowest BCUT2D eigenvalue weighted by Crippen LogP contribution is -2.18. The van der Waals surface area contributed by atoms with Crippen LogP contribution in [0.25, 0.3) is 11.3 Å². The molecule has 11 nitrogen and oxygen atoms in total. The predicted octanol–water partition coefficient (Wildman–Crippen LogP) is 3.82. The highest BCUT2D eigenvalue weighted by atomic mass is 32.1. The average molecular weight is 455 g/mol. The standard InChI is InChI=1S/C20H17N5O6S/c1-11-17(24(28)29)7-15(8-18(11)25(30)31)19(27)23-20-22-16(10-32-20)14-5-3-13(4-6-14)9-21-12(2)26/h3-8,10H,9H2,1-2H3,(H,21,26)(H,22,23,27). The molecule has 0 aliphatic heterocycles. The lowest BCUT2D eigenvalue weighted by molar-refractivity contribution is -0.395. The van der Waals surface area contributed by atoms with Crippen LogP contribution in [0.4, 0.5) is 16.5 Å². The summed E-state index contributed by atoms with van der Waals surface area (Å²) in [6, 6.07) is 9.33. The SMILES string of the molecule is CC(=O)NCc1ccc(-c2csc(NC(=O)c3cc([N+](=O)[O-])c(C)c([N+](=O)[O-])c3)n2)cc1. The van der Waals surface area contributed by atoms with Crippen molar-refractivity contribution in [3.8, 4) is 11.3 Å². The molecule has 164 valence electrons. The summed E-state index contributed by atoms with van der Waals surface area (Å²) < 4.78 is 0. The maximum atomic E-state index is 12.6. The van der Waals surface area contributed by atoms with E-state index in [1.165, 1.54) is 13.8 Å². The van der Waals surface area contributed by atoms with E-state index in [1.54, 1.807) is 5.38 Å². The third-order valence-corrected chi connectivity index (χ3v) is 5.28. The second-order valence-corrected chi connectivity index (χ2v) is 7.61. The number of amides is 2. The number of carbonyl (C=O) groups excluding carboxylic acids is 2. The molecule has 3 aromatic rings. The van der Waals surface area contributed by atoms with E-state index in [0.29, 0.717) is 12.2 Å². The molecule has 0 fully saturated rings. The van der Waals surface area contributed by atoms with Crippen LogP contribution in [0.15, 0.2) is 41.8 Å². The topological polar surface area (TPSA) is 157 Å². The van der Waals surface area contributed by atoms with Gasteiger partial charge in [0.1, 0.15) is 5.56 Å². The van der Waals surface area contributed by atoms with Crippen LogP contribution in [0.2, 0.25) is 0 Å². The summed E-state index contributed by atoms with van der Waals surface area (Å²) in [7, 11) is 0. The average Bonchev–Trinajstić information content (AvgIpc) is 3.20. The number of nitrogens with one attached hydrogen (secondary N) is 2. The molecular weight excluding hydrogens is 438 g/mol. The molecule has 0 atom stereocenters. The summed E-state index contributed by atoms with van der Waals surface area (Å²) in [6.07, 6.45) is 0. The summed E-state index contributed by atoms with van der Waals surface area (Å²) in [4.78, 5) is 48.8. The van der Waals surface area contributed by atoms with Gasteiger partial charge in [-0.15, -0.1) is 11.3 Å². The van der Waals surface area contributed by atoms with Gasteiger partial charge in [-0.3, -0.25) is 35.1 Å². The summed E-state index contributed by atoms with van der Waals surface area (Å²) in [6.45, 7) is 3.10. The van der Waals surface area contributed by atoms with Crippen LogP contribution < -0.4 is 10.6 Å². The largest absolute Gasteiger partial charge is 0.352 e. The molecule has 0 saturated heterocycles. The number of nitro benzene ring substituents is 2. The predicted molar refractivity (Wildman–Crippen MR) is 118 cm³/mol. The minimum Gasteiger partial charge on any atom is -0.352 e. The highest BCUT2D eigenvalue weighted by Crippen LogP contribution is 2.30. The first-order valence-electron chi connectivity index (χ1n) is 9.19. The van der Waals surface area contributed by atoms with Crippen molar-refractivity contribution in [3.63, 3.8) is 0 Å². The van der Waals surface area contributed by atoms with Crippen molar-refractivity contribution in [2.24, 2.45) is 0 Å². The molecule has 1 aromatic heterocycles. The van der Waals surface area contributed by atoms with Gasteiger partial charge < -0.3 is 5.32 Å². The van der Waals surface area contributed by atoms with Crippen LogP contribution in [-0.4, -0.2) is 26.6 Å². The van der Waals surface area contributed by atoms with Gasteiger partial charge >= 0.3 is 0 Å². The molecule has 32 heavy (non-hydrogen) atoms. The summed E-state index contributed by atoms with van der Waals surface area (Å²) in [5.74, 6) is -0.874. The number of hydrogen-bond donors (Lipinski definition) is 2. The van der Waals surface area contributed by atoms with E-state index in [4.69, 9.17) is 0 Å². The Bertz CT molecular complexity index is 1190. The third kappa shape index (κ3) is 5.10. The Hall–Kier alpha value is -4.19. The van der Waals surface area contributed by atoms with Crippen LogP contribution in [0.3, 0.4) is 0 Å². The Labute approximate surface area is 185 Å². The van der Waals surface area contributed by atoms with Crippen molar-refractivity contribution in [2.75, 3.05) is 5.32 Å². The molecule has 0 aliphatic carbocycles. The molecule has 1 heterocycles. The molecule has 0 bridgehead atoms. The molecular formula is C20H17N5O6S. The molecule has 0 spiro atoms. The van der Waals surface area contributed by atoms with Crippen molar-refractivity contribution in [3.05, 3.63) is 78.7 Å². The minimum absolute atomic E-state index is 0.127. The van der Waals surface area contributed by atoms with Gasteiger partial charge in [-0.05, 0) is 12.5 Å². The first-order valence-corrected chi connectivity index (χ1v) is 10.1. The number of anilines is 1. The van der Waals surface area contributed by atoms with Crippen LogP contribution in [0.1, 0.15) is 28.4 Å². The number of thiazole rings is 1. The highest BCUT2D eigenvalue weighted by molar-refractivity contribution is 7.14.